The molecular formula is C15H20N2O4. The summed E-state index contributed by atoms with van der Waals surface area (Å²) in [5.41, 5.74) is 0.786. The predicted octanol–water partition coefficient (Wildman–Crippen LogP) is 1.63. The van der Waals surface area contributed by atoms with Gasteiger partial charge in [0.15, 0.2) is 0 Å². The Morgan fingerprint density at radius 1 is 1.43 bits per heavy atom. The molecule has 6 nitrogen and oxygen atoms in total. The molecule has 114 valence electrons. The van der Waals surface area contributed by atoms with E-state index in [9.17, 15) is 9.59 Å². The highest BCUT2D eigenvalue weighted by Crippen LogP contribution is 2.18. The molecule has 1 aromatic rings. The molecule has 2 rings (SSSR count). The molecule has 2 N–H and O–H groups in total. The molecule has 21 heavy (non-hydrogen) atoms. The Morgan fingerprint density at radius 2 is 2.14 bits per heavy atom. The van der Waals surface area contributed by atoms with Crippen molar-refractivity contribution in [3.8, 4) is 0 Å². The van der Waals surface area contributed by atoms with Crippen molar-refractivity contribution in [3.63, 3.8) is 0 Å². The van der Waals surface area contributed by atoms with Crippen molar-refractivity contribution < 1.29 is 19.4 Å². The third-order valence-electron chi connectivity index (χ3n) is 3.51. The van der Waals surface area contributed by atoms with E-state index >= 15 is 0 Å². The number of amides is 2. The molecular weight excluding hydrogens is 272 g/mol. The van der Waals surface area contributed by atoms with Crippen LogP contribution in [0, 0.1) is 0 Å². The third-order valence-corrected chi connectivity index (χ3v) is 3.51. The molecule has 0 saturated carbocycles. The fraction of sp³-hybridized carbons (Fsp3) is 0.467. The summed E-state index contributed by atoms with van der Waals surface area (Å²) in [6, 6.07) is 8.34. The highest BCUT2D eigenvalue weighted by atomic mass is 16.5. The Morgan fingerprint density at radius 3 is 2.76 bits per heavy atom. The number of carboxylic acid groups (broad SMARTS) is 1. The van der Waals surface area contributed by atoms with Gasteiger partial charge in [0.25, 0.3) is 0 Å². The minimum absolute atomic E-state index is 0.0139. The molecule has 6 heteroatoms. The summed E-state index contributed by atoms with van der Waals surface area (Å²) in [5.74, 6) is -0.945. The molecule has 2 unspecified atom stereocenters. The lowest BCUT2D eigenvalue weighted by atomic mass is 10.0. The van der Waals surface area contributed by atoms with Gasteiger partial charge in [-0.3, -0.25) is 4.79 Å². The van der Waals surface area contributed by atoms with Crippen molar-refractivity contribution in [2.75, 3.05) is 19.8 Å². The maximum Gasteiger partial charge on any atom is 0.318 e. The molecule has 1 heterocycles. The number of nitrogens with one attached hydrogen (secondary N) is 1. The molecule has 0 spiro atoms. The van der Waals surface area contributed by atoms with Crippen LogP contribution in [0.25, 0.3) is 0 Å². The Hall–Kier alpha value is -2.08. The van der Waals surface area contributed by atoms with Gasteiger partial charge in [0.1, 0.15) is 0 Å². The van der Waals surface area contributed by atoms with Crippen LogP contribution in [-0.2, 0) is 9.53 Å². The monoisotopic (exact) mass is 292 g/mol. The van der Waals surface area contributed by atoms with Gasteiger partial charge in [-0.05, 0) is 12.5 Å². The summed E-state index contributed by atoms with van der Waals surface area (Å²) in [5, 5.41) is 11.9. The third kappa shape index (κ3) is 4.19. The summed E-state index contributed by atoms with van der Waals surface area (Å²) in [7, 11) is 0. The second-order valence-electron chi connectivity index (χ2n) is 5.13. The first kappa shape index (κ1) is 15.3. The van der Waals surface area contributed by atoms with Crippen LogP contribution in [0.15, 0.2) is 30.3 Å². The van der Waals surface area contributed by atoms with Gasteiger partial charge in [0, 0.05) is 6.54 Å². The highest BCUT2D eigenvalue weighted by Gasteiger charge is 2.26. The predicted molar refractivity (Wildman–Crippen MR) is 77.0 cm³/mol. The van der Waals surface area contributed by atoms with Crippen LogP contribution in [0.5, 0.6) is 0 Å². The summed E-state index contributed by atoms with van der Waals surface area (Å²) in [6.45, 7) is 3.43. The number of aliphatic carboxylic acids is 1. The molecule has 0 bridgehead atoms. The molecule has 2 amide bonds. The zero-order valence-corrected chi connectivity index (χ0v) is 12.0. The Kier molecular flexibility index (Phi) is 5.16. The number of carboxylic acids is 1. The second-order valence-corrected chi connectivity index (χ2v) is 5.13. The number of urea groups is 1. The fourth-order valence-corrected chi connectivity index (χ4v) is 2.37. The van der Waals surface area contributed by atoms with E-state index in [1.165, 1.54) is 0 Å². The quantitative estimate of drug-likeness (QED) is 0.884. The minimum atomic E-state index is -0.945. The van der Waals surface area contributed by atoms with E-state index < -0.39 is 12.0 Å². The van der Waals surface area contributed by atoms with E-state index in [2.05, 4.69) is 5.32 Å². The minimum Gasteiger partial charge on any atom is -0.481 e. The van der Waals surface area contributed by atoms with Gasteiger partial charge in [-0.25, -0.2) is 4.79 Å². The SMILES string of the molecule is CC1COCCN1C(=O)NC(CC(=O)O)c1ccccc1. The number of hydrogen-bond donors (Lipinski definition) is 2. The normalized spacial score (nSPS) is 19.9. The smallest absolute Gasteiger partial charge is 0.318 e. The first-order valence-corrected chi connectivity index (χ1v) is 6.99. The van der Waals surface area contributed by atoms with Gasteiger partial charge in [-0.1, -0.05) is 30.3 Å². The molecule has 1 saturated heterocycles. The maximum absolute atomic E-state index is 12.3. The van der Waals surface area contributed by atoms with Gasteiger partial charge >= 0.3 is 12.0 Å². The molecule has 0 aliphatic carbocycles. The number of nitrogens with zero attached hydrogens (tertiary/aromatic N) is 1. The van der Waals surface area contributed by atoms with E-state index in [0.717, 1.165) is 5.56 Å². The van der Waals surface area contributed by atoms with Crippen LogP contribution >= 0.6 is 0 Å². The van der Waals surface area contributed by atoms with Crippen LogP contribution in [0.3, 0.4) is 0 Å². The molecule has 1 aliphatic heterocycles. The van der Waals surface area contributed by atoms with E-state index in [4.69, 9.17) is 9.84 Å². The molecule has 1 fully saturated rings. The van der Waals surface area contributed by atoms with Crippen molar-refractivity contribution in [2.24, 2.45) is 0 Å². The van der Waals surface area contributed by atoms with Crippen molar-refractivity contribution in [1.29, 1.82) is 0 Å². The van der Waals surface area contributed by atoms with E-state index in [0.29, 0.717) is 19.8 Å². The first-order chi connectivity index (χ1) is 10.1. The van der Waals surface area contributed by atoms with Crippen LogP contribution in [-0.4, -0.2) is 47.8 Å². The summed E-state index contributed by atoms with van der Waals surface area (Å²) >= 11 is 0. The van der Waals surface area contributed by atoms with Crippen molar-refractivity contribution in [2.45, 2.75) is 25.4 Å². The van der Waals surface area contributed by atoms with Gasteiger partial charge in [-0.2, -0.15) is 0 Å². The number of hydrogen-bond acceptors (Lipinski definition) is 3. The Bertz CT molecular complexity index is 492. The van der Waals surface area contributed by atoms with Crippen LogP contribution < -0.4 is 5.32 Å². The molecule has 0 aromatic heterocycles. The average molecular weight is 292 g/mol. The van der Waals surface area contributed by atoms with E-state index in [1.54, 1.807) is 4.90 Å². The van der Waals surface area contributed by atoms with E-state index in [-0.39, 0.29) is 18.5 Å². The summed E-state index contributed by atoms with van der Waals surface area (Å²) in [6.07, 6.45) is -0.144. The zero-order valence-electron chi connectivity index (χ0n) is 12.0. The Balaban J connectivity index is 2.07. The lowest BCUT2D eigenvalue weighted by Crippen LogP contribution is -2.52. The number of benzene rings is 1. The largest absolute Gasteiger partial charge is 0.481 e. The van der Waals surface area contributed by atoms with E-state index in [1.807, 2.05) is 37.3 Å². The lowest BCUT2D eigenvalue weighted by molar-refractivity contribution is -0.137. The van der Waals surface area contributed by atoms with Crippen molar-refractivity contribution in [3.05, 3.63) is 35.9 Å². The van der Waals surface area contributed by atoms with Gasteiger partial charge in [0.05, 0.1) is 31.7 Å². The molecule has 2 atom stereocenters. The summed E-state index contributed by atoms with van der Waals surface area (Å²) < 4.78 is 5.30. The number of rotatable bonds is 4. The van der Waals surface area contributed by atoms with Gasteiger partial charge in [-0.15, -0.1) is 0 Å². The van der Waals surface area contributed by atoms with Gasteiger partial charge in [0.2, 0.25) is 0 Å². The molecule has 1 aliphatic rings. The Labute approximate surface area is 123 Å². The standard InChI is InChI=1S/C15H20N2O4/c1-11-10-21-8-7-17(11)15(20)16-13(9-14(18)19)12-5-3-2-4-6-12/h2-6,11,13H,7-10H2,1H3,(H,16,20)(H,18,19). The average Bonchev–Trinajstić information content (AvgIpc) is 2.47. The molecule has 1 aromatic carbocycles. The zero-order chi connectivity index (χ0) is 15.2. The highest BCUT2D eigenvalue weighted by molar-refractivity contribution is 5.76. The number of carbonyl (C=O) groups is 2. The number of carbonyl (C=O) groups excluding carboxylic acids is 1. The maximum atomic E-state index is 12.3. The van der Waals surface area contributed by atoms with Crippen LogP contribution in [0.4, 0.5) is 4.79 Å². The molecule has 0 radical (unpaired) electrons. The number of morpholine rings is 1. The van der Waals surface area contributed by atoms with Crippen molar-refractivity contribution >= 4 is 12.0 Å². The van der Waals surface area contributed by atoms with Crippen LogP contribution in [0.2, 0.25) is 0 Å². The summed E-state index contributed by atoms with van der Waals surface area (Å²) in [4.78, 5) is 25.0. The van der Waals surface area contributed by atoms with Gasteiger partial charge < -0.3 is 20.1 Å². The lowest BCUT2D eigenvalue weighted by Gasteiger charge is -2.34. The first-order valence-electron chi connectivity index (χ1n) is 6.99. The topological polar surface area (TPSA) is 78.9 Å². The number of ether oxygens (including phenoxy) is 1. The second kappa shape index (κ2) is 7.08. The van der Waals surface area contributed by atoms with Crippen molar-refractivity contribution in [1.82, 2.24) is 10.2 Å². The fourth-order valence-electron chi connectivity index (χ4n) is 2.37. The van der Waals surface area contributed by atoms with Crippen LogP contribution in [0.1, 0.15) is 24.9 Å².